The molecule has 5 nitrogen and oxygen atoms in total. The number of hydrogen-bond acceptors (Lipinski definition) is 3. The Morgan fingerprint density at radius 1 is 0.714 bits per heavy atom. The lowest BCUT2D eigenvalue weighted by molar-refractivity contribution is -0.116. The van der Waals surface area contributed by atoms with Crippen molar-refractivity contribution in [1.82, 2.24) is 0 Å². The first kappa shape index (κ1) is 19.2. The SMILES string of the molecule is Nc1ccc(CC(=O)Nc2cccc(NC(=O)CCc3ccccc3)c2)cc1. The van der Waals surface area contributed by atoms with Gasteiger partial charge in [-0.05, 0) is 47.9 Å². The van der Waals surface area contributed by atoms with Crippen LogP contribution in [-0.2, 0) is 22.4 Å². The number of rotatable bonds is 7. The molecule has 3 aromatic rings. The van der Waals surface area contributed by atoms with E-state index >= 15 is 0 Å². The third-order valence-electron chi connectivity index (χ3n) is 4.26. The molecule has 0 radical (unpaired) electrons. The van der Waals surface area contributed by atoms with Crippen molar-refractivity contribution in [3.63, 3.8) is 0 Å². The third-order valence-corrected chi connectivity index (χ3v) is 4.26. The number of amides is 2. The third kappa shape index (κ3) is 5.99. The van der Waals surface area contributed by atoms with E-state index in [2.05, 4.69) is 10.6 Å². The highest BCUT2D eigenvalue weighted by Crippen LogP contribution is 2.16. The zero-order chi connectivity index (χ0) is 19.8. The Hall–Kier alpha value is -3.60. The van der Waals surface area contributed by atoms with E-state index in [4.69, 9.17) is 5.73 Å². The van der Waals surface area contributed by atoms with Crippen LogP contribution in [0.5, 0.6) is 0 Å². The van der Waals surface area contributed by atoms with Gasteiger partial charge in [-0.15, -0.1) is 0 Å². The van der Waals surface area contributed by atoms with Crippen molar-refractivity contribution in [3.05, 3.63) is 90.0 Å². The van der Waals surface area contributed by atoms with Crippen LogP contribution >= 0.6 is 0 Å². The van der Waals surface area contributed by atoms with Crippen molar-refractivity contribution in [1.29, 1.82) is 0 Å². The zero-order valence-corrected chi connectivity index (χ0v) is 15.5. The fourth-order valence-electron chi connectivity index (χ4n) is 2.83. The summed E-state index contributed by atoms with van der Waals surface area (Å²) in [6, 6.07) is 24.2. The predicted molar refractivity (Wildman–Crippen MR) is 113 cm³/mol. The van der Waals surface area contributed by atoms with Crippen molar-refractivity contribution >= 4 is 28.9 Å². The molecule has 0 aliphatic rings. The molecule has 4 N–H and O–H groups in total. The molecule has 3 rings (SSSR count). The van der Waals surface area contributed by atoms with Gasteiger partial charge in [0.25, 0.3) is 0 Å². The second kappa shape index (κ2) is 9.37. The fraction of sp³-hybridized carbons (Fsp3) is 0.130. The molecular formula is C23H23N3O2. The van der Waals surface area contributed by atoms with Crippen LogP contribution < -0.4 is 16.4 Å². The zero-order valence-electron chi connectivity index (χ0n) is 15.5. The summed E-state index contributed by atoms with van der Waals surface area (Å²) < 4.78 is 0. The summed E-state index contributed by atoms with van der Waals surface area (Å²) in [5.41, 5.74) is 9.63. The smallest absolute Gasteiger partial charge is 0.228 e. The highest BCUT2D eigenvalue weighted by atomic mass is 16.2. The van der Waals surface area contributed by atoms with Crippen LogP contribution in [0.25, 0.3) is 0 Å². The van der Waals surface area contributed by atoms with Crippen molar-refractivity contribution in [2.24, 2.45) is 0 Å². The van der Waals surface area contributed by atoms with Crippen LogP contribution in [0, 0.1) is 0 Å². The Labute approximate surface area is 164 Å². The van der Waals surface area contributed by atoms with E-state index < -0.39 is 0 Å². The van der Waals surface area contributed by atoms with Crippen molar-refractivity contribution in [3.8, 4) is 0 Å². The largest absolute Gasteiger partial charge is 0.399 e. The molecule has 3 aromatic carbocycles. The van der Waals surface area contributed by atoms with Crippen LogP contribution in [0.1, 0.15) is 17.5 Å². The number of anilines is 3. The van der Waals surface area contributed by atoms with Crippen LogP contribution in [0.4, 0.5) is 17.1 Å². The molecule has 0 bridgehead atoms. The number of carbonyl (C=O) groups is 2. The summed E-state index contributed by atoms with van der Waals surface area (Å²) >= 11 is 0. The summed E-state index contributed by atoms with van der Waals surface area (Å²) in [5, 5.41) is 5.73. The van der Waals surface area contributed by atoms with Gasteiger partial charge in [0.2, 0.25) is 11.8 Å². The van der Waals surface area contributed by atoms with Gasteiger partial charge in [-0.25, -0.2) is 0 Å². The average Bonchev–Trinajstić information content (AvgIpc) is 2.69. The lowest BCUT2D eigenvalue weighted by atomic mass is 10.1. The lowest BCUT2D eigenvalue weighted by Gasteiger charge is -2.09. The minimum atomic E-state index is -0.127. The minimum Gasteiger partial charge on any atom is -0.399 e. The number of benzene rings is 3. The van der Waals surface area contributed by atoms with E-state index in [1.165, 1.54) is 0 Å². The number of hydrogen-bond donors (Lipinski definition) is 3. The maximum absolute atomic E-state index is 12.2. The predicted octanol–water partition coefficient (Wildman–Crippen LogP) is 4.02. The summed E-state index contributed by atoms with van der Waals surface area (Å²) in [4.78, 5) is 24.4. The normalized spacial score (nSPS) is 10.3. The van der Waals surface area contributed by atoms with Gasteiger partial charge in [-0.1, -0.05) is 48.5 Å². The quantitative estimate of drug-likeness (QED) is 0.547. The molecule has 0 aliphatic carbocycles. The second-order valence-corrected chi connectivity index (χ2v) is 6.58. The Morgan fingerprint density at radius 2 is 1.36 bits per heavy atom. The molecule has 0 aliphatic heterocycles. The van der Waals surface area contributed by atoms with Crippen LogP contribution in [-0.4, -0.2) is 11.8 Å². The number of nitrogens with one attached hydrogen (secondary N) is 2. The fourth-order valence-corrected chi connectivity index (χ4v) is 2.83. The van der Waals surface area contributed by atoms with Gasteiger partial charge < -0.3 is 16.4 Å². The standard InChI is InChI=1S/C23H23N3O2/c24-19-12-9-18(10-13-19)15-23(28)26-21-8-4-7-20(16-21)25-22(27)14-11-17-5-2-1-3-6-17/h1-10,12-13,16H,11,14-15,24H2,(H,25,27)(H,26,28). The number of aryl methyl sites for hydroxylation is 1. The van der Waals surface area contributed by atoms with Crippen LogP contribution in [0.2, 0.25) is 0 Å². The Bertz CT molecular complexity index is 938. The van der Waals surface area contributed by atoms with Crippen LogP contribution in [0.3, 0.4) is 0 Å². The van der Waals surface area contributed by atoms with Crippen molar-refractivity contribution in [2.75, 3.05) is 16.4 Å². The monoisotopic (exact) mass is 373 g/mol. The average molecular weight is 373 g/mol. The van der Waals surface area contributed by atoms with Gasteiger partial charge in [0.15, 0.2) is 0 Å². The first-order valence-electron chi connectivity index (χ1n) is 9.16. The summed E-state index contributed by atoms with van der Waals surface area (Å²) in [6.07, 6.45) is 1.34. The Balaban J connectivity index is 1.52. The molecule has 0 unspecified atom stereocenters. The molecule has 0 spiro atoms. The molecule has 0 saturated heterocycles. The molecule has 2 amide bonds. The molecule has 28 heavy (non-hydrogen) atoms. The maximum atomic E-state index is 12.2. The Morgan fingerprint density at radius 3 is 2.04 bits per heavy atom. The number of nitrogen functional groups attached to an aromatic ring is 1. The van der Waals surface area contributed by atoms with Crippen molar-refractivity contribution < 1.29 is 9.59 Å². The topological polar surface area (TPSA) is 84.2 Å². The van der Waals surface area contributed by atoms with Gasteiger partial charge >= 0.3 is 0 Å². The van der Waals surface area contributed by atoms with E-state index in [0.29, 0.717) is 29.9 Å². The van der Waals surface area contributed by atoms with Gasteiger partial charge in [-0.3, -0.25) is 9.59 Å². The number of carbonyl (C=O) groups excluding carboxylic acids is 2. The second-order valence-electron chi connectivity index (χ2n) is 6.58. The van der Waals surface area contributed by atoms with Gasteiger partial charge in [0.1, 0.15) is 0 Å². The molecule has 5 heteroatoms. The Kier molecular flexibility index (Phi) is 6.41. The minimum absolute atomic E-state index is 0.0609. The number of nitrogens with two attached hydrogens (primary N) is 1. The maximum Gasteiger partial charge on any atom is 0.228 e. The molecule has 0 saturated carbocycles. The highest BCUT2D eigenvalue weighted by Gasteiger charge is 2.07. The van der Waals surface area contributed by atoms with Gasteiger partial charge in [0, 0.05) is 23.5 Å². The molecule has 0 aromatic heterocycles. The van der Waals surface area contributed by atoms with Gasteiger partial charge in [-0.2, -0.15) is 0 Å². The van der Waals surface area contributed by atoms with E-state index in [1.807, 2.05) is 42.5 Å². The first-order valence-corrected chi connectivity index (χ1v) is 9.16. The molecule has 0 heterocycles. The van der Waals surface area contributed by atoms with E-state index in [-0.39, 0.29) is 18.2 Å². The van der Waals surface area contributed by atoms with Gasteiger partial charge in [0.05, 0.1) is 6.42 Å². The van der Waals surface area contributed by atoms with E-state index in [0.717, 1.165) is 11.1 Å². The van der Waals surface area contributed by atoms with Crippen molar-refractivity contribution in [2.45, 2.75) is 19.3 Å². The lowest BCUT2D eigenvalue weighted by Crippen LogP contribution is -2.15. The molecule has 142 valence electrons. The van der Waals surface area contributed by atoms with E-state index in [1.54, 1.807) is 36.4 Å². The molecule has 0 atom stereocenters. The summed E-state index contributed by atoms with van der Waals surface area (Å²) in [7, 11) is 0. The summed E-state index contributed by atoms with van der Waals surface area (Å²) in [6.45, 7) is 0. The highest BCUT2D eigenvalue weighted by molar-refractivity contribution is 5.94. The van der Waals surface area contributed by atoms with Crippen LogP contribution in [0.15, 0.2) is 78.9 Å². The summed E-state index contributed by atoms with van der Waals surface area (Å²) in [5.74, 6) is -0.188. The first-order chi connectivity index (χ1) is 13.6. The molecular weight excluding hydrogens is 350 g/mol. The molecule has 0 fully saturated rings. The van der Waals surface area contributed by atoms with E-state index in [9.17, 15) is 9.59 Å².